The molecule has 4 fully saturated rings. The van der Waals surface area contributed by atoms with Crippen molar-refractivity contribution in [3.05, 3.63) is 35.4 Å². The molecule has 2 N–H and O–H groups in total. The second-order valence-electron chi connectivity index (χ2n) is 13.0. The van der Waals surface area contributed by atoms with Crippen LogP contribution in [0.1, 0.15) is 105 Å². The Kier molecular flexibility index (Phi) is 12.0. The standard InChI is InChI=1S/C31H45N3O5.C2HF3O2/c1-2-3-12-27-31(39-30(38)34(27)22-23-8-5-4-6-9-23)15-19-32(20-16-31)26-13-17-33(18-14-26)28(35)24-10-7-11-25(21-24)29(36)37;3-2(4,5)1(6)7/h7,10-11,21,23,26-27H,2-6,8-9,12-20,22H2,1H3,(H,36,37);(H,6,7). The number of likely N-dealkylation sites (tertiary alicyclic amines) is 2. The molecule has 1 aromatic rings. The van der Waals surface area contributed by atoms with E-state index in [9.17, 15) is 32.7 Å². The van der Waals surface area contributed by atoms with E-state index < -0.39 is 18.1 Å². The number of carbonyl (C=O) groups excluding carboxylic acids is 2. The average molecular weight is 654 g/mol. The van der Waals surface area contributed by atoms with Gasteiger partial charge in [0, 0.05) is 57.2 Å². The first kappa shape index (κ1) is 35.5. The largest absolute Gasteiger partial charge is 0.490 e. The maximum absolute atomic E-state index is 13.2. The van der Waals surface area contributed by atoms with Crippen LogP contribution in [-0.4, -0.2) is 105 Å². The number of carboxylic acid groups (broad SMARTS) is 2. The van der Waals surface area contributed by atoms with Gasteiger partial charge in [-0.25, -0.2) is 14.4 Å². The van der Waals surface area contributed by atoms with E-state index in [0.29, 0.717) is 30.6 Å². The quantitative estimate of drug-likeness (QED) is 0.347. The second kappa shape index (κ2) is 15.5. The van der Waals surface area contributed by atoms with E-state index in [-0.39, 0.29) is 29.2 Å². The number of hydrogen-bond acceptors (Lipinski definition) is 6. The molecule has 3 saturated heterocycles. The minimum absolute atomic E-state index is 0.0890. The number of aliphatic carboxylic acids is 1. The minimum Gasteiger partial charge on any atom is -0.478 e. The summed E-state index contributed by atoms with van der Waals surface area (Å²) in [5.41, 5.74) is 0.218. The average Bonchev–Trinajstić information content (AvgIpc) is 3.29. The molecule has 1 saturated carbocycles. The maximum Gasteiger partial charge on any atom is 0.490 e. The highest BCUT2D eigenvalue weighted by atomic mass is 19.4. The molecule has 3 heterocycles. The smallest absolute Gasteiger partial charge is 0.478 e. The van der Waals surface area contributed by atoms with Crippen LogP contribution in [-0.2, 0) is 9.53 Å². The molecule has 256 valence electrons. The lowest BCUT2D eigenvalue weighted by Gasteiger charge is -2.46. The van der Waals surface area contributed by atoms with Crippen molar-refractivity contribution < 1.29 is 47.3 Å². The molecule has 2 amide bonds. The second-order valence-corrected chi connectivity index (χ2v) is 13.0. The number of hydrogen-bond donors (Lipinski definition) is 2. The fraction of sp³-hybridized carbons (Fsp3) is 0.697. The fourth-order valence-corrected chi connectivity index (χ4v) is 7.48. The number of nitrogens with zero attached hydrogens (tertiary/aromatic N) is 3. The third-order valence-corrected chi connectivity index (χ3v) is 10.0. The summed E-state index contributed by atoms with van der Waals surface area (Å²) in [6.07, 6.45) is 8.04. The number of benzene rings is 1. The van der Waals surface area contributed by atoms with E-state index in [0.717, 1.165) is 64.6 Å². The van der Waals surface area contributed by atoms with Gasteiger partial charge in [-0.05, 0) is 56.2 Å². The summed E-state index contributed by atoms with van der Waals surface area (Å²) in [4.78, 5) is 52.9. The van der Waals surface area contributed by atoms with Crippen molar-refractivity contribution in [2.24, 2.45) is 5.92 Å². The van der Waals surface area contributed by atoms with Gasteiger partial charge in [0.25, 0.3) is 5.91 Å². The summed E-state index contributed by atoms with van der Waals surface area (Å²) < 4.78 is 38.0. The van der Waals surface area contributed by atoms with Crippen molar-refractivity contribution in [2.75, 3.05) is 32.7 Å². The Bertz CT molecular complexity index is 1220. The number of carboxylic acids is 2. The molecule has 1 atom stereocenters. The predicted octanol–water partition coefficient (Wildman–Crippen LogP) is 6.05. The highest BCUT2D eigenvalue weighted by molar-refractivity contribution is 5.97. The molecular weight excluding hydrogens is 607 g/mol. The molecule has 13 heteroatoms. The summed E-state index contributed by atoms with van der Waals surface area (Å²) in [6.45, 7) is 6.27. The van der Waals surface area contributed by atoms with Crippen molar-refractivity contribution in [3.8, 4) is 0 Å². The van der Waals surface area contributed by atoms with Crippen LogP contribution in [0.15, 0.2) is 24.3 Å². The number of rotatable bonds is 8. The molecule has 0 aromatic heterocycles. The van der Waals surface area contributed by atoms with Crippen LogP contribution in [0.4, 0.5) is 18.0 Å². The molecule has 1 aliphatic carbocycles. The molecule has 46 heavy (non-hydrogen) atoms. The molecule has 0 radical (unpaired) electrons. The first-order chi connectivity index (χ1) is 21.8. The lowest BCUT2D eigenvalue weighted by atomic mass is 9.80. The van der Waals surface area contributed by atoms with Gasteiger partial charge >= 0.3 is 24.2 Å². The van der Waals surface area contributed by atoms with Crippen LogP contribution in [0.5, 0.6) is 0 Å². The lowest BCUT2D eigenvalue weighted by Crippen LogP contribution is -2.56. The lowest BCUT2D eigenvalue weighted by molar-refractivity contribution is -0.192. The number of piperidine rings is 2. The predicted molar refractivity (Wildman–Crippen MR) is 163 cm³/mol. The minimum atomic E-state index is -5.08. The van der Waals surface area contributed by atoms with Crippen LogP contribution in [0.25, 0.3) is 0 Å². The first-order valence-electron chi connectivity index (χ1n) is 16.5. The molecule has 1 aromatic carbocycles. The Morgan fingerprint density at radius 2 is 1.57 bits per heavy atom. The molecule has 0 bridgehead atoms. The Morgan fingerprint density at radius 3 is 2.13 bits per heavy atom. The van der Waals surface area contributed by atoms with E-state index in [1.807, 2.05) is 4.90 Å². The maximum atomic E-state index is 13.2. The van der Waals surface area contributed by atoms with Gasteiger partial charge in [-0.15, -0.1) is 0 Å². The van der Waals surface area contributed by atoms with Crippen LogP contribution >= 0.6 is 0 Å². The fourth-order valence-electron chi connectivity index (χ4n) is 7.48. The Balaban J connectivity index is 0.000000617. The molecule has 1 unspecified atom stereocenters. The van der Waals surface area contributed by atoms with Crippen molar-refractivity contribution >= 4 is 23.9 Å². The molecule has 3 aliphatic heterocycles. The highest BCUT2D eigenvalue weighted by Crippen LogP contribution is 2.43. The van der Waals surface area contributed by atoms with Crippen LogP contribution in [0.3, 0.4) is 0 Å². The number of unbranched alkanes of at least 4 members (excludes halogenated alkanes) is 1. The van der Waals surface area contributed by atoms with Gasteiger partial charge in [0.1, 0.15) is 5.60 Å². The molecule has 10 nitrogen and oxygen atoms in total. The van der Waals surface area contributed by atoms with E-state index in [1.165, 1.54) is 44.2 Å². The molecule has 5 rings (SSSR count). The number of carbonyl (C=O) groups is 4. The van der Waals surface area contributed by atoms with Crippen LogP contribution in [0, 0.1) is 5.92 Å². The number of aromatic carboxylic acids is 1. The van der Waals surface area contributed by atoms with Crippen LogP contribution < -0.4 is 0 Å². The SMILES string of the molecule is CCCCC1N(CC2CCCCC2)C(=O)OC12CCN(C1CCN(C(=O)c3cccc(C(=O)O)c3)CC1)CC2.O=C(O)C(F)(F)F. The zero-order valence-electron chi connectivity index (χ0n) is 26.5. The Morgan fingerprint density at radius 1 is 0.957 bits per heavy atom. The van der Waals surface area contributed by atoms with E-state index >= 15 is 0 Å². The number of alkyl halides is 3. The summed E-state index contributed by atoms with van der Waals surface area (Å²) >= 11 is 0. The van der Waals surface area contributed by atoms with Gasteiger partial charge in [0.15, 0.2) is 0 Å². The number of halogens is 3. The topological polar surface area (TPSA) is 128 Å². The summed E-state index contributed by atoms with van der Waals surface area (Å²) in [5.74, 6) is -3.25. The summed E-state index contributed by atoms with van der Waals surface area (Å²) in [6, 6.07) is 6.91. The Hall–Kier alpha value is -3.35. The zero-order valence-corrected chi connectivity index (χ0v) is 26.5. The monoisotopic (exact) mass is 653 g/mol. The van der Waals surface area contributed by atoms with Gasteiger partial charge in [0.05, 0.1) is 11.6 Å². The Labute approximate surface area is 267 Å². The zero-order chi connectivity index (χ0) is 33.5. The number of ether oxygens (including phenoxy) is 1. The van der Waals surface area contributed by atoms with Gasteiger partial charge in [-0.3, -0.25) is 9.69 Å². The molecule has 1 spiro atoms. The summed E-state index contributed by atoms with van der Waals surface area (Å²) in [7, 11) is 0. The summed E-state index contributed by atoms with van der Waals surface area (Å²) in [5, 5.41) is 16.4. The third kappa shape index (κ3) is 8.71. The van der Waals surface area contributed by atoms with Crippen molar-refractivity contribution in [2.45, 2.75) is 108 Å². The normalized spacial score (nSPS) is 22.7. The van der Waals surface area contributed by atoms with E-state index in [4.69, 9.17) is 14.6 Å². The van der Waals surface area contributed by atoms with Crippen molar-refractivity contribution in [1.82, 2.24) is 14.7 Å². The van der Waals surface area contributed by atoms with Gasteiger partial charge in [0.2, 0.25) is 0 Å². The van der Waals surface area contributed by atoms with Crippen LogP contribution in [0.2, 0.25) is 0 Å². The van der Waals surface area contributed by atoms with Crippen molar-refractivity contribution in [1.29, 1.82) is 0 Å². The van der Waals surface area contributed by atoms with E-state index in [2.05, 4.69) is 16.7 Å². The molecule has 4 aliphatic rings. The van der Waals surface area contributed by atoms with Gasteiger partial charge in [-0.1, -0.05) is 45.1 Å². The first-order valence-corrected chi connectivity index (χ1v) is 16.5. The third-order valence-electron chi connectivity index (χ3n) is 10.0. The van der Waals surface area contributed by atoms with Gasteiger partial charge < -0.3 is 24.7 Å². The van der Waals surface area contributed by atoms with Gasteiger partial charge in [-0.2, -0.15) is 13.2 Å². The highest BCUT2D eigenvalue weighted by Gasteiger charge is 2.55. The van der Waals surface area contributed by atoms with E-state index in [1.54, 1.807) is 12.1 Å². The molecular formula is C33H46F3N3O7. The van der Waals surface area contributed by atoms with Crippen molar-refractivity contribution in [3.63, 3.8) is 0 Å². The number of amides is 2.